The third kappa shape index (κ3) is 3.62. The van der Waals surface area contributed by atoms with Crippen molar-refractivity contribution in [2.75, 3.05) is 26.8 Å². The average Bonchev–Trinajstić information content (AvgIpc) is 2.45. The molecule has 0 aliphatic heterocycles. The van der Waals surface area contributed by atoms with Crippen molar-refractivity contribution >= 4 is 10.9 Å². The van der Waals surface area contributed by atoms with Gasteiger partial charge >= 0.3 is 0 Å². The SMILES string of the molecule is COCCNCCCn1ncc(=O)c2ccccc21. The van der Waals surface area contributed by atoms with Crippen LogP contribution in [0.25, 0.3) is 10.9 Å². The van der Waals surface area contributed by atoms with Crippen LogP contribution in [0.4, 0.5) is 0 Å². The van der Waals surface area contributed by atoms with E-state index in [9.17, 15) is 4.79 Å². The molecule has 0 spiro atoms. The summed E-state index contributed by atoms with van der Waals surface area (Å²) in [6.45, 7) is 3.28. The second-order valence-electron chi connectivity index (χ2n) is 4.35. The minimum Gasteiger partial charge on any atom is -0.383 e. The van der Waals surface area contributed by atoms with E-state index in [1.165, 1.54) is 6.20 Å². The van der Waals surface area contributed by atoms with Crippen LogP contribution in [0.15, 0.2) is 35.3 Å². The zero-order valence-corrected chi connectivity index (χ0v) is 11.1. The van der Waals surface area contributed by atoms with Crippen molar-refractivity contribution in [2.24, 2.45) is 0 Å². The Hall–Kier alpha value is -1.72. The molecule has 0 unspecified atom stereocenters. The third-order valence-electron chi connectivity index (χ3n) is 2.97. The molecule has 0 atom stereocenters. The number of ether oxygens (including phenoxy) is 1. The molecule has 2 rings (SSSR count). The summed E-state index contributed by atoms with van der Waals surface area (Å²) in [5.41, 5.74) is 0.872. The lowest BCUT2D eigenvalue weighted by molar-refractivity contribution is 0.199. The smallest absolute Gasteiger partial charge is 0.207 e. The highest BCUT2D eigenvalue weighted by atomic mass is 16.5. The second kappa shape index (κ2) is 7.01. The van der Waals surface area contributed by atoms with Gasteiger partial charge in [0.15, 0.2) is 0 Å². The van der Waals surface area contributed by atoms with Gasteiger partial charge in [-0.1, -0.05) is 12.1 Å². The molecule has 0 fully saturated rings. The number of hydrogen-bond donors (Lipinski definition) is 1. The van der Waals surface area contributed by atoms with Crippen LogP contribution in [-0.4, -0.2) is 36.6 Å². The molecule has 1 N–H and O–H groups in total. The number of aryl methyl sites for hydroxylation is 1. The molecule has 0 saturated heterocycles. The number of benzene rings is 1. The van der Waals surface area contributed by atoms with Gasteiger partial charge in [0.25, 0.3) is 0 Å². The lowest BCUT2D eigenvalue weighted by atomic mass is 10.2. The number of methoxy groups -OCH3 is 1. The van der Waals surface area contributed by atoms with Gasteiger partial charge in [0.05, 0.1) is 18.3 Å². The first-order valence-electron chi connectivity index (χ1n) is 6.47. The van der Waals surface area contributed by atoms with Crippen LogP contribution < -0.4 is 10.7 Å². The summed E-state index contributed by atoms with van der Waals surface area (Å²) in [6, 6.07) is 7.58. The van der Waals surface area contributed by atoms with E-state index in [0.717, 1.165) is 43.6 Å². The van der Waals surface area contributed by atoms with Crippen molar-refractivity contribution in [3.63, 3.8) is 0 Å². The molecule has 2 aromatic rings. The van der Waals surface area contributed by atoms with Crippen molar-refractivity contribution < 1.29 is 4.74 Å². The molecule has 19 heavy (non-hydrogen) atoms. The highest BCUT2D eigenvalue weighted by Crippen LogP contribution is 2.07. The van der Waals surface area contributed by atoms with Gasteiger partial charge in [0.1, 0.15) is 0 Å². The first-order chi connectivity index (χ1) is 9.33. The van der Waals surface area contributed by atoms with Crippen LogP contribution >= 0.6 is 0 Å². The Labute approximate surface area is 112 Å². The lowest BCUT2D eigenvalue weighted by Crippen LogP contribution is -2.22. The Bertz CT molecular complexity index is 580. The summed E-state index contributed by atoms with van der Waals surface area (Å²) in [5.74, 6) is 0. The van der Waals surface area contributed by atoms with E-state index >= 15 is 0 Å². The maximum atomic E-state index is 11.7. The van der Waals surface area contributed by atoms with Crippen molar-refractivity contribution in [1.82, 2.24) is 15.1 Å². The van der Waals surface area contributed by atoms with E-state index < -0.39 is 0 Å². The normalized spacial score (nSPS) is 11.0. The summed E-state index contributed by atoms with van der Waals surface area (Å²) >= 11 is 0. The van der Waals surface area contributed by atoms with Gasteiger partial charge < -0.3 is 10.1 Å². The van der Waals surface area contributed by atoms with Gasteiger partial charge in [0, 0.05) is 25.6 Å². The second-order valence-corrected chi connectivity index (χ2v) is 4.35. The van der Waals surface area contributed by atoms with E-state index in [-0.39, 0.29) is 5.43 Å². The minimum atomic E-state index is -0.0231. The van der Waals surface area contributed by atoms with Gasteiger partial charge in [-0.05, 0) is 25.1 Å². The van der Waals surface area contributed by atoms with E-state index in [4.69, 9.17) is 4.74 Å². The number of aromatic nitrogens is 2. The predicted octanol–water partition coefficient (Wildman–Crippen LogP) is 1.02. The summed E-state index contributed by atoms with van der Waals surface area (Å²) in [6.07, 6.45) is 2.35. The van der Waals surface area contributed by atoms with Gasteiger partial charge in [-0.2, -0.15) is 5.10 Å². The van der Waals surface area contributed by atoms with E-state index in [1.807, 2.05) is 28.9 Å². The van der Waals surface area contributed by atoms with Gasteiger partial charge in [-0.15, -0.1) is 0 Å². The Kier molecular flexibility index (Phi) is 5.06. The number of hydrogen-bond acceptors (Lipinski definition) is 4. The standard InChI is InChI=1S/C14H19N3O2/c1-19-10-8-15-7-4-9-17-13-6-3-2-5-12(13)14(18)11-16-17/h2-3,5-6,11,15H,4,7-10H2,1H3. The van der Waals surface area contributed by atoms with Crippen molar-refractivity contribution in [2.45, 2.75) is 13.0 Å². The molecular formula is C14H19N3O2. The Morgan fingerprint density at radius 1 is 1.32 bits per heavy atom. The Balaban J connectivity index is 1.98. The predicted molar refractivity (Wildman–Crippen MR) is 75.4 cm³/mol. The first-order valence-corrected chi connectivity index (χ1v) is 6.47. The van der Waals surface area contributed by atoms with Gasteiger partial charge in [-0.25, -0.2) is 0 Å². The molecule has 5 heteroatoms. The molecule has 1 aromatic carbocycles. The number of para-hydroxylation sites is 1. The zero-order chi connectivity index (χ0) is 13.5. The maximum Gasteiger partial charge on any atom is 0.207 e. The van der Waals surface area contributed by atoms with Gasteiger partial charge in [-0.3, -0.25) is 9.48 Å². The fourth-order valence-electron chi connectivity index (χ4n) is 1.99. The molecule has 1 heterocycles. The minimum absolute atomic E-state index is 0.0231. The number of rotatable bonds is 7. The number of fused-ring (bicyclic) bond motifs is 1. The fourth-order valence-corrected chi connectivity index (χ4v) is 1.99. The topological polar surface area (TPSA) is 56.1 Å². The van der Waals surface area contributed by atoms with Crippen LogP contribution in [0.1, 0.15) is 6.42 Å². The third-order valence-corrected chi connectivity index (χ3v) is 2.97. The molecule has 0 amide bonds. The molecule has 0 aliphatic rings. The maximum absolute atomic E-state index is 11.7. The average molecular weight is 261 g/mol. The largest absolute Gasteiger partial charge is 0.383 e. The van der Waals surface area contributed by atoms with Crippen LogP contribution in [0.2, 0.25) is 0 Å². The quantitative estimate of drug-likeness (QED) is 0.756. The summed E-state index contributed by atoms with van der Waals surface area (Å²) in [5, 5.41) is 8.21. The fraction of sp³-hybridized carbons (Fsp3) is 0.429. The molecule has 0 radical (unpaired) electrons. The Morgan fingerprint density at radius 2 is 2.16 bits per heavy atom. The van der Waals surface area contributed by atoms with Crippen LogP contribution in [-0.2, 0) is 11.3 Å². The first kappa shape index (κ1) is 13.7. The molecule has 0 saturated carbocycles. The highest BCUT2D eigenvalue weighted by Gasteiger charge is 2.02. The van der Waals surface area contributed by atoms with Gasteiger partial charge in [0.2, 0.25) is 5.43 Å². The summed E-state index contributed by atoms with van der Waals surface area (Å²) in [7, 11) is 1.69. The monoisotopic (exact) mass is 261 g/mol. The van der Waals surface area contributed by atoms with Crippen LogP contribution in [0.3, 0.4) is 0 Å². The molecule has 0 aliphatic carbocycles. The van der Waals surface area contributed by atoms with Crippen LogP contribution in [0.5, 0.6) is 0 Å². The summed E-state index contributed by atoms with van der Waals surface area (Å²) < 4.78 is 6.85. The van der Waals surface area contributed by atoms with Crippen molar-refractivity contribution in [1.29, 1.82) is 0 Å². The number of nitrogens with zero attached hydrogens (tertiary/aromatic N) is 2. The van der Waals surface area contributed by atoms with Crippen molar-refractivity contribution in [3.8, 4) is 0 Å². The van der Waals surface area contributed by atoms with Crippen molar-refractivity contribution in [3.05, 3.63) is 40.7 Å². The molecular weight excluding hydrogens is 242 g/mol. The van der Waals surface area contributed by atoms with E-state index in [0.29, 0.717) is 0 Å². The molecule has 102 valence electrons. The van der Waals surface area contributed by atoms with E-state index in [2.05, 4.69) is 10.4 Å². The molecule has 1 aromatic heterocycles. The summed E-state index contributed by atoms with van der Waals surface area (Å²) in [4.78, 5) is 11.7. The molecule has 5 nitrogen and oxygen atoms in total. The van der Waals surface area contributed by atoms with E-state index in [1.54, 1.807) is 7.11 Å². The number of nitrogens with one attached hydrogen (secondary N) is 1. The lowest BCUT2D eigenvalue weighted by Gasteiger charge is -2.09. The Morgan fingerprint density at radius 3 is 3.00 bits per heavy atom. The highest BCUT2D eigenvalue weighted by molar-refractivity contribution is 5.77. The molecule has 0 bridgehead atoms. The van der Waals surface area contributed by atoms with Crippen LogP contribution in [0, 0.1) is 0 Å². The zero-order valence-electron chi connectivity index (χ0n) is 11.1.